The van der Waals surface area contributed by atoms with Gasteiger partial charge < -0.3 is 10.5 Å². The minimum absolute atomic E-state index is 0.0491. The monoisotopic (exact) mass is 301 g/mol. The third kappa shape index (κ3) is 2.92. The van der Waals surface area contributed by atoms with E-state index in [9.17, 15) is 0 Å². The predicted octanol–water partition coefficient (Wildman–Crippen LogP) is 4.15. The molecule has 2 nitrogen and oxygen atoms in total. The van der Waals surface area contributed by atoms with Crippen molar-refractivity contribution < 1.29 is 4.74 Å². The molecule has 2 aromatic carbocycles. The van der Waals surface area contributed by atoms with Crippen LogP contribution in [0.3, 0.4) is 0 Å². The summed E-state index contributed by atoms with van der Waals surface area (Å²) in [6.07, 6.45) is 3.22. The minimum Gasteiger partial charge on any atom is -0.496 e. The molecule has 0 saturated carbocycles. The summed E-state index contributed by atoms with van der Waals surface area (Å²) < 4.78 is 5.44. The van der Waals surface area contributed by atoms with Gasteiger partial charge in [-0.1, -0.05) is 35.9 Å². The highest BCUT2D eigenvalue weighted by Crippen LogP contribution is 2.37. The van der Waals surface area contributed by atoms with Crippen molar-refractivity contribution in [1.82, 2.24) is 0 Å². The average molecular weight is 302 g/mol. The largest absolute Gasteiger partial charge is 0.496 e. The first kappa shape index (κ1) is 14.4. The summed E-state index contributed by atoms with van der Waals surface area (Å²) in [5.74, 6) is 1.25. The second-order valence-electron chi connectivity index (χ2n) is 5.68. The average Bonchev–Trinajstić information content (AvgIpc) is 2.53. The molecule has 2 aromatic rings. The topological polar surface area (TPSA) is 35.2 Å². The second kappa shape index (κ2) is 6.08. The van der Waals surface area contributed by atoms with Crippen molar-refractivity contribution in [2.45, 2.75) is 25.3 Å². The van der Waals surface area contributed by atoms with Crippen molar-refractivity contribution in [3.05, 3.63) is 64.2 Å². The third-order valence-corrected chi connectivity index (χ3v) is 4.68. The van der Waals surface area contributed by atoms with Gasteiger partial charge in [-0.3, -0.25) is 0 Å². The lowest BCUT2D eigenvalue weighted by atomic mass is 9.78. The highest BCUT2D eigenvalue weighted by atomic mass is 35.5. The van der Waals surface area contributed by atoms with Crippen LogP contribution in [0, 0.1) is 5.92 Å². The van der Waals surface area contributed by atoms with E-state index < -0.39 is 0 Å². The van der Waals surface area contributed by atoms with Gasteiger partial charge in [0.2, 0.25) is 0 Å². The summed E-state index contributed by atoms with van der Waals surface area (Å²) in [6.45, 7) is 0. The van der Waals surface area contributed by atoms with Crippen LogP contribution in [0.5, 0.6) is 5.75 Å². The number of ether oxygens (including phenoxy) is 1. The molecule has 0 amide bonds. The normalized spacial score (nSPS) is 18.9. The van der Waals surface area contributed by atoms with Crippen LogP contribution in [0.25, 0.3) is 0 Å². The highest BCUT2D eigenvalue weighted by molar-refractivity contribution is 6.30. The molecule has 2 atom stereocenters. The minimum atomic E-state index is -0.0491. The Labute approximate surface area is 130 Å². The number of hydrogen-bond acceptors (Lipinski definition) is 2. The molecule has 0 heterocycles. The zero-order chi connectivity index (χ0) is 14.8. The van der Waals surface area contributed by atoms with E-state index in [1.807, 2.05) is 18.2 Å². The number of rotatable bonds is 3. The van der Waals surface area contributed by atoms with E-state index >= 15 is 0 Å². The number of benzene rings is 2. The fraction of sp³-hybridized carbons (Fsp3) is 0.333. The van der Waals surface area contributed by atoms with Gasteiger partial charge >= 0.3 is 0 Å². The van der Waals surface area contributed by atoms with E-state index in [1.165, 1.54) is 11.1 Å². The molecule has 110 valence electrons. The van der Waals surface area contributed by atoms with Gasteiger partial charge in [0.15, 0.2) is 0 Å². The van der Waals surface area contributed by atoms with Crippen LogP contribution in [0.15, 0.2) is 42.5 Å². The maximum atomic E-state index is 6.53. The number of aryl methyl sites for hydroxylation is 1. The van der Waals surface area contributed by atoms with Crippen LogP contribution >= 0.6 is 11.6 Å². The maximum Gasteiger partial charge on any atom is 0.123 e. The summed E-state index contributed by atoms with van der Waals surface area (Å²) in [6, 6.07) is 14.3. The first-order valence-corrected chi connectivity index (χ1v) is 7.72. The molecule has 0 spiro atoms. The predicted molar refractivity (Wildman–Crippen MR) is 86.9 cm³/mol. The van der Waals surface area contributed by atoms with E-state index in [0.717, 1.165) is 30.6 Å². The number of halogens is 1. The molecule has 2 N–H and O–H groups in total. The van der Waals surface area contributed by atoms with E-state index in [1.54, 1.807) is 7.11 Å². The van der Waals surface area contributed by atoms with Gasteiger partial charge in [0, 0.05) is 16.6 Å². The summed E-state index contributed by atoms with van der Waals surface area (Å²) in [7, 11) is 1.68. The molecule has 0 aliphatic heterocycles. The Morgan fingerprint density at radius 3 is 2.71 bits per heavy atom. The van der Waals surface area contributed by atoms with Crippen molar-refractivity contribution in [3.8, 4) is 5.75 Å². The number of methoxy groups -OCH3 is 1. The first-order chi connectivity index (χ1) is 10.2. The lowest BCUT2D eigenvalue weighted by Crippen LogP contribution is -2.27. The van der Waals surface area contributed by atoms with E-state index in [-0.39, 0.29) is 6.04 Å². The molecule has 0 fully saturated rings. The van der Waals surface area contributed by atoms with Gasteiger partial charge in [-0.25, -0.2) is 0 Å². The first-order valence-electron chi connectivity index (χ1n) is 7.35. The summed E-state index contributed by atoms with van der Waals surface area (Å²) in [5, 5.41) is 0.706. The van der Waals surface area contributed by atoms with Crippen molar-refractivity contribution in [2.24, 2.45) is 11.7 Å². The molecule has 21 heavy (non-hydrogen) atoms. The van der Waals surface area contributed by atoms with Gasteiger partial charge in [0.25, 0.3) is 0 Å². The zero-order valence-electron chi connectivity index (χ0n) is 12.2. The van der Waals surface area contributed by atoms with E-state index in [0.29, 0.717) is 10.9 Å². The van der Waals surface area contributed by atoms with Crippen LogP contribution in [0.4, 0.5) is 0 Å². The second-order valence-corrected chi connectivity index (χ2v) is 6.12. The van der Waals surface area contributed by atoms with Gasteiger partial charge in [-0.05, 0) is 54.5 Å². The summed E-state index contributed by atoms with van der Waals surface area (Å²) in [5.41, 5.74) is 10.4. The Balaban J connectivity index is 1.87. The van der Waals surface area contributed by atoms with Crippen LogP contribution in [0.2, 0.25) is 5.02 Å². The van der Waals surface area contributed by atoms with Crippen molar-refractivity contribution >= 4 is 11.6 Å². The van der Waals surface area contributed by atoms with Gasteiger partial charge in [0.05, 0.1) is 7.11 Å². The summed E-state index contributed by atoms with van der Waals surface area (Å²) in [4.78, 5) is 0. The van der Waals surface area contributed by atoms with E-state index in [4.69, 9.17) is 22.1 Å². The Morgan fingerprint density at radius 1 is 1.19 bits per heavy atom. The molecule has 1 aliphatic rings. The molecular formula is C18H20ClNO. The fourth-order valence-corrected chi connectivity index (χ4v) is 3.43. The smallest absolute Gasteiger partial charge is 0.123 e. The molecule has 3 rings (SSSR count). The number of hydrogen-bond donors (Lipinski definition) is 1. The van der Waals surface area contributed by atoms with Crippen LogP contribution < -0.4 is 10.5 Å². The van der Waals surface area contributed by atoms with Crippen LogP contribution in [-0.2, 0) is 12.8 Å². The van der Waals surface area contributed by atoms with Crippen molar-refractivity contribution in [2.75, 3.05) is 7.11 Å². The molecule has 0 radical (unpaired) electrons. The SMILES string of the molecule is COc1ccc(Cl)cc1C(N)C1CCc2ccccc2C1. The third-order valence-electron chi connectivity index (χ3n) is 4.44. The maximum absolute atomic E-state index is 6.53. The van der Waals surface area contributed by atoms with E-state index in [2.05, 4.69) is 24.3 Å². The Hall–Kier alpha value is -1.51. The molecule has 0 saturated heterocycles. The van der Waals surface area contributed by atoms with Gasteiger partial charge in [-0.15, -0.1) is 0 Å². The Kier molecular flexibility index (Phi) is 4.18. The standard InChI is InChI=1S/C18H20ClNO/c1-21-17-9-8-15(19)11-16(17)18(20)14-7-6-12-4-2-3-5-13(12)10-14/h2-5,8-9,11,14,18H,6-7,10,20H2,1H3. The molecular weight excluding hydrogens is 282 g/mol. The molecule has 2 unspecified atom stereocenters. The lowest BCUT2D eigenvalue weighted by molar-refractivity contribution is 0.359. The highest BCUT2D eigenvalue weighted by Gasteiger charge is 2.26. The fourth-order valence-electron chi connectivity index (χ4n) is 3.25. The van der Waals surface area contributed by atoms with Crippen molar-refractivity contribution in [3.63, 3.8) is 0 Å². The van der Waals surface area contributed by atoms with Crippen LogP contribution in [-0.4, -0.2) is 7.11 Å². The summed E-state index contributed by atoms with van der Waals surface area (Å²) >= 11 is 6.13. The number of fused-ring (bicyclic) bond motifs is 1. The molecule has 3 heteroatoms. The molecule has 0 bridgehead atoms. The quantitative estimate of drug-likeness (QED) is 0.924. The zero-order valence-corrected chi connectivity index (χ0v) is 12.9. The van der Waals surface area contributed by atoms with Crippen molar-refractivity contribution in [1.29, 1.82) is 0 Å². The Morgan fingerprint density at radius 2 is 1.95 bits per heavy atom. The van der Waals surface area contributed by atoms with Gasteiger partial charge in [-0.2, -0.15) is 0 Å². The Bertz CT molecular complexity index is 641. The lowest BCUT2D eigenvalue weighted by Gasteiger charge is -2.30. The number of nitrogens with two attached hydrogens (primary N) is 1. The molecule has 0 aromatic heterocycles. The van der Waals surface area contributed by atoms with Gasteiger partial charge in [0.1, 0.15) is 5.75 Å². The molecule has 1 aliphatic carbocycles. The van der Waals surface area contributed by atoms with Crippen LogP contribution in [0.1, 0.15) is 29.2 Å².